The molecule has 0 spiro atoms. The molecule has 0 saturated heterocycles. The Balaban J connectivity index is 2.48. The largest absolute Gasteiger partial charge is 0.305 e. The minimum absolute atomic E-state index is 0.112. The lowest BCUT2D eigenvalue weighted by Gasteiger charge is -2.19. The van der Waals surface area contributed by atoms with Crippen molar-refractivity contribution in [3.8, 4) is 0 Å². The third kappa shape index (κ3) is 5.31. The van der Waals surface area contributed by atoms with Crippen LogP contribution in [0, 0.1) is 5.92 Å². The first-order valence-corrected chi connectivity index (χ1v) is 6.58. The van der Waals surface area contributed by atoms with Gasteiger partial charge in [0.05, 0.1) is 6.54 Å². The lowest BCUT2D eigenvalue weighted by molar-refractivity contribution is 0.388. The summed E-state index contributed by atoms with van der Waals surface area (Å²) in [6, 6.07) is 0. The number of nitrogens with one attached hydrogen (secondary N) is 1. The molecule has 0 aliphatic heterocycles. The number of hydrogen-bond donors (Lipinski definition) is 1. The second-order valence-electron chi connectivity index (χ2n) is 5.67. The summed E-state index contributed by atoms with van der Waals surface area (Å²) in [4.78, 5) is 4.33. The van der Waals surface area contributed by atoms with Crippen molar-refractivity contribution in [3.63, 3.8) is 0 Å². The summed E-state index contributed by atoms with van der Waals surface area (Å²) in [6.07, 6.45) is 4.25. The molecule has 0 aliphatic rings. The van der Waals surface area contributed by atoms with Crippen LogP contribution in [0.15, 0.2) is 6.33 Å². The second kappa shape index (κ2) is 6.15. The zero-order valence-corrected chi connectivity index (χ0v) is 11.8. The van der Waals surface area contributed by atoms with Gasteiger partial charge in [-0.3, -0.25) is 4.68 Å². The molecule has 1 heterocycles. The van der Waals surface area contributed by atoms with Gasteiger partial charge in [-0.25, -0.2) is 4.98 Å². The predicted molar refractivity (Wildman–Crippen MR) is 70.7 cm³/mol. The summed E-state index contributed by atoms with van der Waals surface area (Å²) < 4.78 is 1.97. The number of rotatable bonds is 6. The van der Waals surface area contributed by atoms with E-state index in [1.54, 1.807) is 0 Å². The van der Waals surface area contributed by atoms with Gasteiger partial charge >= 0.3 is 0 Å². The Kier molecular flexibility index (Phi) is 5.12. The van der Waals surface area contributed by atoms with E-state index in [2.05, 4.69) is 50.0 Å². The molecular weight excluding hydrogens is 212 g/mol. The topological polar surface area (TPSA) is 42.7 Å². The van der Waals surface area contributed by atoms with E-state index < -0.39 is 0 Å². The van der Waals surface area contributed by atoms with Gasteiger partial charge in [-0.05, 0) is 26.7 Å². The first-order chi connectivity index (χ1) is 7.94. The Bertz CT molecular complexity index is 320. The molecule has 1 rings (SSSR count). The summed E-state index contributed by atoms with van der Waals surface area (Å²) in [5.74, 6) is 1.59. The molecule has 0 bridgehead atoms. The van der Waals surface area contributed by atoms with Crippen LogP contribution in [0.5, 0.6) is 0 Å². The summed E-state index contributed by atoms with van der Waals surface area (Å²) in [7, 11) is 0. The highest BCUT2D eigenvalue weighted by atomic mass is 15.3. The predicted octanol–water partition coefficient (Wildman–Crippen LogP) is 2.60. The van der Waals surface area contributed by atoms with E-state index in [1.165, 1.54) is 12.8 Å². The molecule has 0 saturated carbocycles. The molecule has 0 unspecified atom stereocenters. The Labute approximate surface area is 105 Å². The smallest absolute Gasteiger partial charge is 0.164 e. The molecule has 0 amide bonds. The van der Waals surface area contributed by atoms with Crippen molar-refractivity contribution < 1.29 is 0 Å². The molecule has 1 aromatic heterocycles. The van der Waals surface area contributed by atoms with Crippen molar-refractivity contribution in [2.24, 2.45) is 5.92 Å². The molecule has 4 nitrogen and oxygen atoms in total. The van der Waals surface area contributed by atoms with E-state index in [0.29, 0.717) is 5.92 Å². The van der Waals surface area contributed by atoms with Crippen molar-refractivity contribution in [2.45, 2.75) is 66.1 Å². The monoisotopic (exact) mass is 238 g/mol. The Morgan fingerprint density at radius 2 is 1.94 bits per heavy atom. The van der Waals surface area contributed by atoms with Gasteiger partial charge in [-0.1, -0.05) is 26.7 Å². The zero-order valence-electron chi connectivity index (χ0n) is 11.8. The van der Waals surface area contributed by atoms with E-state index in [4.69, 9.17) is 0 Å². The van der Waals surface area contributed by atoms with Gasteiger partial charge in [0.25, 0.3) is 0 Å². The van der Waals surface area contributed by atoms with Gasteiger partial charge in [0, 0.05) is 12.1 Å². The summed E-state index contributed by atoms with van der Waals surface area (Å²) in [5, 5.41) is 7.89. The average molecular weight is 238 g/mol. The highest BCUT2D eigenvalue weighted by molar-refractivity contribution is 4.84. The van der Waals surface area contributed by atoms with Gasteiger partial charge < -0.3 is 5.32 Å². The first kappa shape index (κ1) is 14.2. The minimum atomic E-state index is 0.112. The van der Waals surface area contributed by atoms with Crippen molar-refractivity contribution in [1.82, 2.24) is 20.1 Å². The summed E-state index contributed by atoms with van der Waals surface area (Å²) >= 11 is 0. The van der Waals surface area contributed by atoms with Crippen LogP contribution in [0.2, 0.25) is 0 Å². The van der Waals surface area contributed by atoms with Crippen LogP contribution < -0.4 is 5.32 Å². The van der Waals surface area contributed by atoms with Crippen molar-refractivity contribution in [2.75, 3.05) is 0 Å². The van der Waals surface area contributed by atoms with Gasteiger partial charge in [0.2, 0.25) is 0 Å². The fourth-order valence-electron chi connectivity index (χ4n) is 1.66. The van der Waals surface area contributed by atoms with Crippen molar-refractivity contribution in [3.05, 3.63) is 12.2 Å². The number of aromatic nitrogens is 3. The molecule has 0 radical (unpaired) electrons. The Hall–Kier alpha value is -0.900. The van der Waals surface area contributed by atoms with Crippen LogP contribution in [0.3, 0.4) is 0 Å². The summed E-state index contributed by atoms with van der Waals surface area (Å²) in [5.41, 5.74) is 0.112. The molecule has 98 valence electrons. The van der Waals surface area contributed by atoms with E-state index in [0.717, 1.165) is 18.9 Å². The molecule has 4 heteroatoms. The third-order valence-corrected chi connectivity index (χ3v) is 2.96. The van der Waals surface area contributed by atoms with E-state index in [9.17, 15) is 0 Å². The number of hydrogen-bond acceptors (Lipinski definition) is 3. The van der Waals surface area contributed by atoms with Gasteiger partial charge in [0.1, 0.15) is 6.33 Å². The molecular formula is C13H26N4. The highest BCUT2D eigenvalue weighted by Gasteiger charge is 2.11. The second-order valence-corrected chi connectivity index (χ2v) is 5.67. The fourth-order valence-corrected chi connectivity index (χ4v) is 1.66. The van der Waals surface area contributed by atoms with Gasteiger partial charge in [-0.2, -0.15) is 5.10 Å². The zero-order chi connectivity index (χ0) is 12.9. The molecule has 1 N–H and O–H groups in total. The fraction of sp³-hybridized carbons (Fsp3) is 0.846. The molecule has 1 aromatic rings. The molecule has 0 aliphatic carbocycles. The maximum absolute atomic E-state index is 4.49. The van der Waals surface area contributed by atoms with Crippen molar-refractivity contribution >= 4 is 0 Å². The van der Waals surface area contributed by atoms with Crippen LogP contribution in [-0.2, 0) is 13.1 Å². The average Bonchev–Trinajstić information content (AvgIpc) is 2.70. The molecule has 0 aromatic carbocycles. The highest BCUT2D eigenvalue weighted by Crippen LogP contribution is 2.09. The standard InChI is InChI=1S/C13H26N4/c1-6-11(7-2)9-17-10-14-12(16-17)8-15-13(3,4)5/h10-11,15H,6-9H2,1-5H3. The van der Waals surface area contributed by atoms with E-state index >= 15 is 0 Å². The third-order valence-electron chi connectivity index (χ3n) is 2.96. The van der Waals surface area contributed by atoms with Crippen LogP contribution >= 0.6 is 0 Å². The quantitative estimate of drug-likeness (QED) is 0.828. The molecule has 0 fully saturated rings. The lowest BCUT2D eigenvalue weighted by Crippen LogP contribution is -2.35. The van der Waals surface area contributed by atoms with E-state index in [1.807, 2.05) is 11.0 Å². The van der Waals surface area contributed by atoms with Crippen LogP contribution in [0.1, 0.15) is 53.3 Å². The van der Waals surface area contributed by atoms with Crippen LogP contribution in [-0.4, -0.2) is 20.3 Å². The number of nitrogens with zero attached hydrogens (tertiary/aromatic N) is 3. The lowest BCUT2D eigenvalue weighted by atomic mass is 10.0. The SMILES string of the molecule is CCC(CC)Cn1cnc(CNC(C)(C)C)n1. The Morgan fingerprint density at radius 1 is 1.29 bits per heavy atom. The van der Waals surface area contributed by atoms with Crippen LogP contribution in [0.4, 0.5) is 0 Å². The summed E-state index contributed by atoms with van der Waals surface area (Å²) in [6.45, 7) is 12.6. The maximum atomic E-state index is 4.49. The first-order valence-electron chi connectivity index (χ1n) is 6.58. The maximum Gasteiger partial charge on any atom is 0.164 e. The minimum Gasteiger partial charge on any atom is -0.305 e. The Morgan fingerprint density at radius 3 is 2.47 bits per heavy atom. The molecule has 17 heavy (non-hydrogen) atoms. The van der Waals surface area contributed by atoms with Crippen LogP contribution in [0.25, 0.3) is 0 Å². The van der Waals surface area contributed by atoms with Gasteiger partial charge in [0.15, 0.2) is 5.82 Å². The molecule has 0 atom stereocenters. The van der Waals surface area contributed by atoms with Crippen molar-refractivity contribution in [1.29, 1.82) is 0 Å². The van der Waals surface area contributed by atoms with Gasteiger partial charge in [-0.15, -0.1) is 0 Å². The normalized spacial score (nSPS) is 12.4. The van der Waals surface area contributed by atoms with E-state index in [-0.39, 0.29) is 5.54 Å².